The third-order valence-electron chi connectivity index (χ3n) is 2.86. The van der Waals surface area contributed by atoms with E-state index in [1.807, 2.05) is 32.0 Å². The van der Waals surface area contributed by atoms with Crippen LogP contribution in [0.15, 0.2) is 41.4 Å². The molecule has 0 radical (unpaired) electrons. The molecule has 2 aromatic rings. The fourth-order valence-corrected chi connectivity index (χ4v) is 2.06. The minimum absolute atomic E-state index is 0.0802. The average molecular weight is 320 g/mol. The van der Waals surface area contributed by atoms with Crippen LogP contribution in [0.5, 0.6) is 17.2 Å². The van der Waals surface area contributed by atoms with Gasteiger partial charge in [0.1, 0.15) is 11.4 Å². The van der Waals surface area contributed by atoms with Gasteiger partial charge < -0.3 is 14.6 Å². The quantitative estimate of drug-likeness (QED) is 0.792. The van der Waals surface area contributed by atoms with Gasteiger partial charge in [-0.15, -0.1) is 0 Å². The number of nitrogens with zero attached hydrogens (tertiary/aromatic N) is 1. The first-order valence-corrected chi connectivity index (χ1v) is 7.44. The molecule has 2 aromatic carbocycles. The van der Waals surface area contributed by atoms with Crippen LogP contribution < -0.4 is 9.47 Å². The molecule has 0 unspecified atom stereocenters. The maximum absolute atomic E-state index is 9.75. The largest absolute Gasteiger partial charge is 0.506 e. The van der Waals surface area contributed by atoms with Crippen molar-refractivity contribution in [3.63, 3.8) is 0 Å². The van der Waals surface area contributed by atoms with Gasteiger partial charge in [0.2, 0.25) is 0 Å². The Bertz CT molecular complexity index is 671. The summed E-state index contributed by atoms with van der Waals surface area (Å²) >= 11 is 5.90. The topological polar surface area (TPSA) is 51.0 Å². The van der Waals surface area contributed by atoms with E-state index in [1.165, 1.54) is 6.07 Å². The zero-order valence-electron chi connectivity index (χ0n) is 12.5. The predicted molar refractivity (Wildman–Crippen MR) is 89.2 cm³/mol. The Morgan fingerprint density at radius 1 is 1.05 bits per heavy atom. The van der Waals surface area contributed by atoms with Gasteiger partial charge in [-0.05, 0) is 55.8 Å². The molecule has 5 heteroatoms. The second-order valence-electron chi connectivity index (χ2n) is 4.46. The van der Waals surface area contributed by atoms with Gasteiger partial charge in [0.25, 0.3) is 0 Å². The highest BCUT2D eigenvalue weighted by Crippen LogP contribution is 2.30. The summed E-state index contributed by atoms with van der Waals surface area (Å²) in [6, 6.07) is 10.3. The molecule has 116 valence electrons. The van der Waals surface area contributed by atoms with E-state index in [9.17, 15) is 5.11 Å². The fraction of sp³-hybridized carbons (Fsp3) is 0.235. The number of hydrogen-bond acceptors (Lipinski definition) is 4. The van der Waals surface area contributed by atoms with Gasteiger partial charge in [0.15, 0.2) is 11.5 Å². The molecule has 0 aromatic heterocycles. The van der Waals surface area contributed by atoms with E-state index < -0.39 is 0 Å². The van der Waals surface area contributed by atoms with Gasteiger partial charge in [0.05, 0.1) is 13.2 Å². The van der Waals surface area contributed by atoms with E-state index in [4.69, 9.17) is 21.1 Å². The van der Waals surface area contributed by atoms with E-state index in [2.05, 4.69) is 4.99 Å². The number of phenols is 1. The standard InChI is InChI=1S/C17H18ClNO3/c1-3-21-16-8-5-12(9-17(16)22-4-2)11-19-14-10-13(18)6-7-15(14)20/h5-11,20H,3-4H2,1-2H3. The average Bonchev–Trinajstić information content (AvgIpc) is 2.51. The van der Waals surface area contributed by atoms with E-state index in [1.54, 1.807) is 18.3 Å². The van der Waals surface area contributed by atoms with E-state index in [0.717, 1.165) is 5.56 Å². The third-order valence-corrected chi connectivity index (χ3v) is 3.09. The molecule has 1 N–H and O–H groups in total. The van der Waals surface area contributed by atoms with Gasteiger partial charge in [-0.1, -0.05) is 11.6 Å². The summed E-state index contributed by atoms with van der Waals surface area (Å²) < 4.78 is 11.1. The van der Waals surface area contributed by atoms with E-state index in [0.29, 0.717) is 35.4 Å². The molecule has 0 aliphatic carbocycles. The summed E-state index contributed by atoms with van der Waals surface area (Å²) in [5, 5.41) is 10.3. The van der Waals surface area contributed by atoms with Crippen LogP contribution in [0.1, 0.15) is 19.4 Å². The zero-order valence-corrected chi connectivity index (χ0v) is 13.3. The Morgan fingerprint density at radius 3 is 2.50 bits per heavy atom. The number of aromatic hydroxyl groups is 1. The van der Waals surface area contributed by atoms with Crippen LogP contribution in [-0.2, 0) is 0 Å². The lowest BCUT2D eigenvalue weighted by Crippen LogP contribution is -1.99. The Morgan fingerprint density at radius 2 is 1.77 bits per heavy atom. The first-order valence-electron chi connectivity index (χ1n) is 7.06. The summed E-state index contributed by atoms with van der Waals surface area (Å²) in [6.07, 6.45) is 1.64. The predicted octanol–water partition coefficient (Wildman–Crippen LogP) is 4.59. The monoisotopic (exact) mass is 319 g/mol. The molecule has 0 fully saturated rings. The number of aliphatic imine (C=N–C) groups is 1. The minimum Gasteiger partial charge on any atom is -0.506 e. The molecular formula is C17H18ClNO3. The van der Waals surface area contributed by atoms with Gasteiger partial charge in [0, 0.05) is 11.2 Å². The molecule has 0 atom stereocenters. The van der Waals surface area contributed by atoms with Crippen molar-refractivity contribution in [1.29, 1.82) is 0 Å². The molecule has 0 amide bonds. The molecule has 0 bridgehead atoms. The Balaban J connectivity index is 2.27. The number of ether oxygens (including phenoxy) is 2. The second-order valence-corrected chi connectivity index (χ2v) is 4.90. The lowest BCUT2D eigenvalue weighted by Gasteiger charge is -2.11. The zero-order chi connectivity index (χ0) is 15.9. The number of halogens is 1. The maximum Gasteiger partial charge on any atom is 0.161 e. The fourth-order valence-electron chi connectivity index (χ4n) is 1.89. The highest BCUT2D eigenvalue weighted by atomic mass is 35.5. The summed E-state index contributed by atoms with van der Waals surface area (Å²) in [7, 11) is 0. The number of benzene rings is 2. The lowest BCUT2D eigenvalue weighted by atomic mass is 10.2. The van der Waals surface area contributed by atoms with Crippen molar-refractivity contribution in [3.8, 4) is 17.2 Å². The van der Waals surface area contributed by atoms with Crippen molar-refractivity contribution < 1.29 is 14.6 Å². The first-order chi connectivity index (χ1) is 10.6. The van der Waals surface area contributed by atoms with Crippen molar-refractivity contribution >= 4 is 23.5 Å². The third kappa shape index (κ3) is 4.15. The molecule has 4 nitrogen and oxygen atoms in total. The summed E-state index contributed by atoms with van der Waals surface area (Å²) in [6.45, 7) is 4.97. The van der Waals surface area contributed by atoms with Crippen LogP contribution in [-0.4, -0.2) is 24.5 Å². The minimum atomic E-state index is 0.0802. The van der Waals surface area contributed by atoms with Gasteiger partial charge in [-0.2, -0.15) is 0 Å². The van der Waals surface area contributed by atoms with Crippen molar-refractivity contribution in [1.82, 2.24) is 0 Å². The molecule has 0 heterocycles. The highest BCUT2D eigenvalue weighted by Gasteiger charge is 2.05. The normalized spacial score (nSPS) is 10.9. The molecule has 0 aliphatic rings. The molecule has 22 heavy (non-hydrogen) atoms. The maximum atomic E-state index is 9.75. The van der Waals surface area contributed by atoms with Crippen LogP contribution in [0.3, 0.4) is 0 Å². The Hall–Kier alpha value is -2.20. The summed E-state index contributed by atoms with van der Waals surface area (Å²) in [4.78, 5) is 4.26. The van der Waals surface area contributed by atoms with Crippen molar-refractivity contribution in [2.45, 2.75) is 13.8 Å². The Labute approximate surface area is 135 Å². The summed E-state index contributed by atoms with van der Waals surface area (Å²) in [5.74, 6) is 1.45. The molecular weight excluding hydrogens is 302 g/mol. The van der Waals surface area contributed by atoms with Crippen molar-refractivity contribution in [3.05, 3.63) is 47.0 Å². The Kier molecular flexibility index (Phi) is 5.67. The van der Waals surface area contributed by atoms with Gasteiger partial charge in [-0.3, -0.25) is 4.99 Å². The van der Waals surface area contributed by atoms with Gasteiger partial charge in [-0.25, -0.2) is 0 Å². The molecule has 0 saturated carbocycles. The molecule has 2 rings (SSSR count). The van der Waals surface area contributed by atoms with Gasteiger partial charge >= 0.3 is 0 Å². The van der Waals surface area contributed by atoms with Crippen LogP contribution in [0, 0.1) is 0 Å². The number of rotatable bonds is 6. The van der Waals surface area contributed by atoms with Crippen LogP contribution in [0.4, 0.5) is 5.69 Å². The first kappa shape index (κ1) is 16.2. The van der Waals surface area contributed by atoms with Crippen LogP contribution >= 0.6 is 11.6 Å². The second kappa shape index (κ2) is 7.71. The van der Waals surface area contributed by atoms with Crippen molar-refractivity contribution in [2.24, 2.45) is 4.99 Å². The molecule has 0 aliphatic heterocycles. The highest BCUT2D eigenvalue weighted by molar-refractivity contribution is 6.30. The molecule has 0 saturated heterocycles. The lowest BCUT2D eigenvalue weighted by molar-refractivity contribution is 0.288. The smallest absolute Gasteiger partial charge is 0.161 e. The number of hydrogen-bond donors (Lipinski definition) is 1. The number of phenolic OH excluding ortho intramolecular Hbond substituents is 1. The van der Waals surface area contributed by atoms with Crippen molar-refractivity contribution in [2.75, 3.05) is 13.2 Å². The van der Waals surface area contributed by atoms with Crippen LogP contribution in [0.2, 0.25) is 5.02 Å². The van der Waals surface area contributed by atoms with E-state index >= 15 is 0 Å². The summed E-state index contributed by atoms with van der Waals surface area (Å²) in [5.41, 5.74) is 1.26. The molecule has 0 spiro atoms. The SMILES string of the molecule is CCOc1ccc(C=Nc2cc(Cl)ccc2O)cc1OCC. The van der Waals surface area contributed by atoms with E-state index in [-0.39, 0.29) is 5.75 Å². The van der Waals surface area contributed by atoms with Crippen LogP contribution in [0.25, 0.3) is 0 Å².